The number of benzene rings is 2. The summed E-state index contributed by atoms with van der Waals surface area (Å²) >= 11 is 0. The zero-order chi connectivity index (χ0) is 19.3. The van der Waals surface area contributed by atoms with E-state index in [4.69, 9.17) is 9.47 Å². The zero-order valence-electron chi connectivity index (χ0n) is 15.0. The van der Waals surface area contributed by atoms with Gasteiger partial charge in [-0.3, -0.25) is 4.79 Å². The highest BCUT2D eigenvalue weighted by molar-refractivity contribution is 5.88. The maximum atomic E-state index is 14.2. The van der Waals surface area contributed by atoms with Gasteiger partial charge in [0.1, 0.15) is 6.61 Å². The molecule has 0 atom stereocenters. The van der Waals surface area contributed by atoms with E-state index in [2.05, 4.69) is 6.58 Å². The minimum Gasteiger partial charge on any atom is -0.461 e. The first-order valence-corrected chi connectivity index (χ1v) is 8.21. The van der Waals surface area contributed by atoms with E-state index >= 15 is 0 Å². The zero-order valence-corrected chi connectivity index (χ0v) is 15.0. The van der Waals surface area contributed by atoms with Crippen molar-refractivity contribution in [3.05, 3.63) is 66.0 Å². The minimum atomic E-state index is -0.669. The average molecular weight is 356 g/mol. The summed E-state index contributed by atoms with van der Waals surface area (Å²) in [4.78, 5) is 23.0. The third-order valence-corrected chi connectivity index (χ3v) is 3.62. The van der Waals surface area contributed by atoms with Gasteiger partial charge in [-0.05, 0) is 35.7 Å². The Bertz CT molecular complexity index is 822. The monoisotopic (exact) mass is 356 g/mol. The first-order chi connectivity index (χ1) is 12.3. The molecule has 0 aromatic heterocycles. The summed E-state index contributed by atoms with van der Waals surface area (Å²) in [5.74, 6) is -1.87. The van der Waals surface area contributed by atoms with E-state index in [9.17, 15) is 14.0 Å². The molecular weight excluding hydrogens is 335 g/mol. The van der Waals surface area contributed by atoms with Gasteiger partial charge in [-0.1, -0.05) is 50.8 Å². The Kier molecular flexibility index (Phi) is 6.28. The predicted octanol–water partition coefficient (Wildman–Crippen LogP) is 4.67. The van der Waals surface area contributed by atoms with Crippen LogP contribution in [0, 0.1) is 11.7 Å². The molecule has 26 heavy (non-hydrogen) atoms. The molecule has 2 rings (SSSR count). The number of halogens is 1. The molecule has 0 bridgehead atoms. The first kappa shape index (κ1) is 19.4. The van der Waals surface area contributed by atoms with Crippen LogP contribution in [0.15, 0.2) is 54.6 Å². The van der Waals surface area contributed by atoms with Gasteiger partial charge in [-0.25, -0.2) is 9.18 Å². The van der Waals surface area contributed by atoms with Crippen LogP contribution >= 0.6 is 0 Å². The summed E-state index contributed by atoms with van der Waals surface area (Å²) in [5.41, 5.74) is 2.47. The number of hydrogen-bond acceptors (Lipinski definition) is 4. The Morgan fingerprint density at radius 1 is 1.08 bits per heavy atom. The third-order valence-electron chi connectivity index (χ3n) is 3.62. The van der Waals surface area contributed by atoms with Crippen LogP contribution in [-0.4, -0.2) is 11.9 Å². The lowest BCUT2D eigenvalue weighted by molar-refractivity contribution is -0.148. The van der Waals surface area contributed by atoms with E-state index in [1.165, 1.54) is 19.1 Å². The Hall–Kier alpha value is -2.95. The fourth-order valence-corrected chi connectivity index (χ4v) is 2.06. The predicted molar refractivity (Wildman–Crippen MR) is 96.9 cm³/mol. The van der Waals surface area contributed by atoms with Crippen molar-refractivity contribution in [3.63, 3.8) is 0 Å². The van der Waals surface area contributed by atoms with Crippen molar-refractivity contribution in [1.82, 2.24) is 0 Å². The molecule has 0 saturated heterocycles. The molecule has 0 N–H and O–H groups in total. The topological polar surface area (TPSA) is 52.6 Å². The summed E-state index contributed by atoms with van der Waals surface area (Å²) < 4.78 is 24.3. The van der Waals surface area contributed by atoms with Crippen LogP contribution in [-0.2, 0) is 20.9 Å². The lowest BCUT2D eigenvalue weighted by Gasteiger charge is -2.09. The van der Waals surface area contributed by atoms with Crippen LogP contribution in [0.25, 0.3) is 11.1 Å². The van der Waals surface area contributed by atoms with Crippen molar-refractivity contribution in [2.24, 2.45) is 5.92 Å². The summed E-state index contributed by atoms with van der Waals surface area (Å²) in [7, 11) is 0. The van der Waals surface area contributed by atoms with Gasteiger partial charge in [0.25, 0.3) is 0 Å². The van der Waals surface area contributed by atoms with E-state index in [0.29, 0.717) is 5.56 Å². The van der Waals surface area contributed by atoms with E-state index in [1.807, 2.05) is 24.3 Å². The van der Waals surface area contributed by atoms with Crippen LogP contribution in [0.2, 0.25) is 0 Å². The lowest BCUT2D eigenvalue weighted by atomic mass is 10.0. The molecule has 0 spiro atoms. The number of ether oxygens (including phenoxy) is 2. The molecule has 4 nitrogen and oxygen atoms in total. The molecule has 136 valence electrons. The van der Waals surface area contributed by atoms with Crippen molar-refractivity contribution in [2.75, 3.05) is 0 Å². The van der Waals surface area contributed by atoms with E-state index in [1.54, 1.807) is 19.9 Å². The fraction of sp³-hybridized carbons (Fsp3) is 0.238. The molecule has 5 heteroatoms. The number of esters is 2. The number of rotatable bonds is 6. The maximum Gasteiger partial charge on any atom is 0.338 e. The Labute approximate surface area is 152 Å². The van der Waals surface area contributed by atoms with Crippen molar-refractivity contribution >= 4 is 11.9 Å². The van der Waals surface area contributed by atoms with Crippen LogP contribution < -0.4 is 4.74 Å². The van der Waals surface area contributed by atoms with Gasteiger partial charge >= 0.3 is 11.9 Å². The maximum absolute atomic E-state index is 14.2. The number of carbonyl (C=O) groups excluding carboxylic acids is 2. The summed E-state index contributed by atoms with van der Waals surface area (Å²) in [6, 6.07) is 11.6. The van der Waals surface area contributed by atoms with E-state index in [0.717, 1.165) is 11.1 Å². The first-order valence-electron chi connectivity index (χ1n) is 8.21. The molecule has 0 aliphatic heterocycles. The van der Waals surface area contributed by atoms with Crippen LogP contribution in [0.1, 0.15) is 26.3 Å². The van der Waals surface area contributed by atoms with Crippen LogP contribution in [0.3, 0.4) is 0 Å². The van der Waals surface area contributed by atoms with Crippen molar-refractivity contribution in [1.29, 1.82) is 0 Å². The highest BCUT2D eigenvalue weighted by atomic mass is 19.1. The normalized spacial score (nSPS) is 10.5. The van der Waals surface area contributed by atoms with Gasteiger partial charge in [0.2, 0.25) is 0 Å². The second kappa shape index (κ2) is 8.43. The molecule has 0 aliphatic carbocycles. The number of hydrogen-bond donors (Lipinski definition) is 0. The Morgan fingerprint density at radius 2 is 1.69 bits per heavy atom. The highest BCUT2D eigenvalue weighted by Crippen LogP contribution is 2.26. The molecule has 0 saturated carbocycles. The van der Waals surface area contributed by atoms with Crippen molar-refractivity contribution in [2.45, 2.75) is 27.4 Å². The minimum absolute atomic E-state index is 0.140. The van der Waals surface area contributed by atoms with E-state index < -0.39 is 11.8 Å². The molecule has 0 aliphatic rings. The molecule has 2 aromatic rings. The molecule has 0 unspecified atom stereocenters. The second-order valence-corrected chi connectivity index (χ2v) is 6.27. The molecule has 0 amide bonds. The highest BCUT2D eigenvalue weighted by Gasteiger charge is 2.12. The van der Waals surface area contributed by atoms with Gasteiger partial charge < -0.3 is 9.47 Å². The van der Waals surface area contributed by atoms with Crippen molar-refractivity contribution < 1.29 is 23.5 Å². The van der Waals surface area contributed by atoms with Crippen molar-refractivity contribution in [3.8, 4) is 16.9 Å². The molecule has 0 fully saturated rings. The largest absolute Gasteiger partial charge is 0.461 e. The van der Waals surface area contributed by atoms with Gasteiger partial charge in [0.15, 0.2) is 11.6 Å². The van der Waals surface area contributed by atoms with Gasteiger partial charge in [-0.15, -0.1) is 0 Å². The Morgan fingerprint density at radius 3 is 2.23 bits per heavy atom. The lowest BCUT2D eigenvalue weighted by Crippen LogP contribution is -2.11. The summed E-state index contributed by atoms with van der Waals surface area (Å²) in [6.45, 7) is 8.70. The average Bonchev–Trinajstić information content (AvgIpc) is 2.61. The van der Waals surface area contributed by atoms with Gasteiger partial charge in [0.05, 0.1) is 5.92 Å². The smallest absolute Gasteiger partial charge is 0.338 e. The summed E-state index contributed by atoms with van der Waals surface area (Å²) in [6.07, 6.45) is 0. The quantitative estimate of drug-likeness (QED) is 0.429. The van der Waals surface area contributed by atoms with Crippen LogP contribution in [0.4, 0.5) is 4.39 Å². The van der Waals surface area contributed by atoms with Crippen LogP contribution in [0.5, 0.6) is 5.75 Å². The SMILES string of the molecule is C=C(C)C(=O)Oc1ccc(-c2ccc(COC(=O)C(C)C)cc2)cc1F. The molecule has 0 heterocycles. The standard InChI is InChI=1S/C21H21FO4/c1-13(2)20(23)25-12-15-5-7-16(8-6-15)17-9-10-19(18(22)11-17)26-21(24)14(3)4/h5-11,13H,3,12H2,1-2,4H3. The molecule has 0 radical (unpaired) electrons. The van der Waals surface area contributed by atoms with Gasteiger partial charge in [0, 0.05) is 5.57 Å². The second-order valence-electron chi connectivity index (χ2n) is 6.27. The fourth-order valence-electron chi connectivity index (χ4n) is 2.06. The number of carbonyl (C=O) groups is 2. The van der Waals surface area contributed by atoms with Gasteiger partial charge in [-0.2, -0.15) is 0 Å². The third kappa shape index (κ3) is 5.02. The summed E-state index contributed by atoms with van der Waals surface area (Å²) in [5, 5.41) is 0. The molecular formula is C21H21FO4. The Balaban J connectivity index is 2.09. The molecule has 2 aromatic carbocycles. The van der Waals surface area contributed by atoms with E-state index in [-0.39, 0.29) is 29.8 Å².